The van der Waals surface area contributed by atoms with Crippen LogP contribution in [0, 0.1) is 0 Å². The van der Waals surface area contributed by atoms with Crippen LogP contribution in [0.3, 0.4) is 0 Å². The first-order chi connectivity index (χ1) is 11.8. The first kappa shape index (κ1) is 20.9. The van der Waals surface area contributed by atoms with E-state index in [1.165, 1.54) is 14.2 Å². The highest BCUT2D eigenvalue weighted by Crippen LogP contribution is 2.29. The third-order valence-electron chi connectivity index (χ3n) is 3.26. The molecule has 1 atom stereocenters. The lowest BCUT2D eigenvalue weighted by molar-refractivity contribution is -0.132. The topological polar surface area (TPSA) is 75.1 Å². The van der Waals surface area contributed by atoms with Gasteiger partial charge in [-0.1, -0.05) is 0 Å². The maximum atomic E-state index is 12.2. The Morgan fingerprint density at radius 1 is 1.24 bits per heavy atom. The lowest BCUT2D eigenvalue weighted by atomic mass is 10.1. The summed E-state index contributed by atoms with van der Waals surface area (Å²) in [4.78, 5) is 4.12. The standard InChI is InChI=1S/C16H24F3N3O3/c1-4-20-15(21-8-7-16(17,18)19)22-10-13(23)12-9-11(24-2)5-6-14(12)25-3/h5-6,9,13,23H,4,7-8,10H2,1-3H3,(H2,20,21,22). The lowest BCUT2D eigenvalue weighted by Crippen LogP contribution is -2.39. The molecule has 0 radical (unpaired) electrons. The third kappa shape index (κ3) is 7.51. The van der Waals surface area contributed by atoms with Gasteiger partial charge in [0, 0.05) is 18.7 Å². The molecule has 3 N–H and O–H groups in total. The molecular weight excluding hydrogens is 339 g/mol. The Kier molecular flexibility index (Phi) is 8.33. The highest BCUT2D eigenvalue weighted by atomic mass is 19.4. The van der Waals surface area contributed by atoms with Crippen LogP contribution in [0.4, 0.5) is 13.2 Å². The van der Waals surface area contributed by atoms with Gasteiger partial charge in [0.2, 0.25) is 0 Å². The number of guanidine groups is 1. The van der Waals surface area contributed by atoms with Crippen LogP contribution in [-0.4, -0.2) is 51.1 Å². The van der Waals surface area contributed by atoms with Crippen LogP contribution >= 0.6 is 0 Å². The fourth-order valence-electron chi connectivity index (χ4n) is 2.04. The summed E-state index contributed by atoms with van der Waals surface area (Å²) in [5.41, 5.74) is 0.483. The number of nitrogens with zero attached hydrogens (tertiary/aromatic N) is 1. The quantitative estimate of drug-likeness (QED) is 0.488. The van der Waals surface area contributed by atoms with Crippen molar-refractivity contribution in [2.75, 3.05) is 33.9 Å². The van der Waals surface area contributed by atoms with E-state index in [-0.39, 0.29) is 19.0 Å². The van der Waals surface area contributed by atoms with E-state index in [1.807, 2.05) is 0 Å². The molecule has 1 aromatic carbocycles. The van der Waals surface area contributed by atoms with Gasteiger partial charge in [-0.25, -0.2) is 0 Å². The number of nitrogens with one attached hydrogen (secondary N) is 2. The first-order valence-corrected chi connectivity index (χ1v) is 7.79. The fraction of sp³-hybridized carbons (Fsp3) is 0.562. The zero-order valence-electron chi connectivity index (χ0n) is 14.5. The second-order valence-electron chi connectivity index (χ2n) is 5.14. The molecule has 0 aromatic heterocycles. The largest absolute Gasteiger partial charge is 0.497 e. The van der Waals surface area contributed by atoms with E-state index in [0.717, 1.165) is 0 Å². The average Bonchev–Trinajstić information content (AvgIpc) is 2.57. The summed E-state index contributed by atoms with van der Waals surface area (Å²) in [6.07, 6.45) is -6.20. The SMILES string of the molecule is CCNC(=NCC(O)c1cc(OC)ccc1OC)NCCC(F)(F)F. The van der Waals surface area contributed by atoms with Gasteiger partial charge in [0.25, 0.3) is 0 Å². The van der Waals surface area contributed by atoms with E-state index in [1.54, 1.807) is 25.1 Å². The molecule has 0 saturated carbocycles. The summed E-state index contributed by atoms with van der Waals surface area (Å²) < 4.78 is 47.0. The van der Waals surface area contributed by atoms with Crippen LogP contribution in [0.5, 0.6) is 11.5 Å². The van der Waals surface area contributed by atoms with Crippen LogP contribution in [-0.2, 0) is 0 Å². The second kappa shape index (κ2) is 9.97. The molecule has 0 aliphatic heterocycles. The van der Waals surface area contributed by atoms with Crippen LogP contribution in [0.15, 0.2) is 23.2 Å². The number of hydrogen-bond acceptors (Lipinski definition) is 4. The number of hydrogen-bond donors (Lipinski definition) is 3. The van der Waals surface area contributed by atoms with Gasteiger partial charge >= 0.3 is 6.18 Å². The monoisotopic (exact) mass is 363 g/mol. The van der Waals surface area contributed by atoms with Crippen LogP contribution in [0.2, 0.25) is 0 Å². The van der Waals surface area contributed by atoms with Crippen LogP contribution in [0.1, 0.15) is 25.0 Å². The van der Waals surface area contributed by atoms with Crippen molar-refractivity contribution >= 4 is 5.96 Å². The molecule has 25 heavy (non-hydrogen) atoms. The molecule has 6 nitrogen and oxygen atoms in total. The number of aliphatic imine (C=N–C) groups is 1. The lowest BCUT2D eigenvalue weighted by Gasteiger charge is -2.16. The number of benzene rings is 1. The maximum Gasteiger partial charge on any atom is 0.390 e. The minimum absolute atomic E-state index is 0.0507. The van der Waals surface area contributed by atoms with Gasteiger partial charge in [-0.3, -0.25) is 4.99 Å². The van der Waals surface area contributed by atoms with Gasteiger partial charge in [-0.15, -0.1) is 0 Å². The maximum absolute atomic E-state index is 12.2. The summed E-state index contributed by atoms with van der Waals surface area (Å²) in [5.74, 6) is 1.22. The van der Waals surface area contributed by atoms with Gasteiger partial charge in [0.1, 0.15) is 17.6 Å². The normalized spacial score (nSPS) is 13.3. The van der Waals surface area contributed by atoms with Crippen molar-refractivity contribution in [2.45, 2.75) is 25.6 Å². The van der Waals surface area contributed by atoms with Crippen molar-refractivity contribution in [3.05, 3.63) is 23.8 Å². The third-order valence-corrected chi connectivity index (χ3v) is 3.26. The molecule has 0 aliphatic rings. The van der Waals surface area contributed by atoms with E-state index >= 15 is 0 Å². The molecule has 0 amide bonds. The molecule has 0 saturated heterocycles. The van der Waals surface area contributed by atoms with Crippen molar-refractivity contribution in [1.29, 1.82) is 0 Å². The molecule has 0 spiro atoms. The molecule has 1 aromatic rings. The van der Waals surface area contributed by atoms with Crippen molar-refractivity contribution in [3.8, 4) is 11.5 Å². The molecular formula is C16H24F3N3O3. The number of rotatable bonds is 8. The number of ether oxygens (including phenoxy) is 2. The van der Waals surface area contributed by atoms with E-state index in [4.69, 9.17) is 9.47 Å². The second-order valence-corrected chi connectivity index (χ2v) is 5.14. The van der Waals surface area contributed by atoms with E-state index in [2.05, 4.69) is 15.6 Å². The van der Waals surface area contributed by atoms with Crippen molar-refractivity contribution in [1.82, 2.24) is 10.6 Å². The smallest absolute Gasteiger partial charge is 0.390 e. The Bertz CT molecular complexity index is 565. The summed E-state index contributed by atoms with van der Waals surface area (Å²) in [7, 11) is 2.98. The zero-order chi connectivity index (χ0) is 18.9. The van der Waals surface area contributed by atoms with Gasteiger partial charge in [0.15, 0.2) is 5.96 Å². The van der Waals surface area contributed by atoms with E-state index in [0.29, 0.717) is 23.6 Å². The van der Waals surface area contributed by atoms with Gasteiger partial charge < -0.3 is 25.2 Å². The summed E-state index contributed by atoms with van der Waals surface area (Å²) >= 11 is 0. The predicted molar refractivity (Wildman–Crippen MR) is 89.2 cm³/mol. The number of methoxy groups -OCH3 is 2. The average molecular weight is 363 g/mol. The van der Waals surface area contributed by atoms with Gasteiger partial charge in [-0.2, -0.15) is 13.2 Å². The minimum atomic E-state index is -4.24. The fourth-order valence-corrected chi connectivity index (χ4v) is 2.04. The molecule has 9 heteroatoms. The summed E-state index contributed by atoms with van der Waals surface area (Å²) in [5, 5.41) is 15.8. The highest BCUT2D eigenvalue weighted by Gasteiger charge is 2.26. The molecule has 0 bridgehead atoms. The Hall–Kier alpha value is -2.16. The van der Waals surface area contributed by atoms with E-state index < -0.39 is 18.7 Å². The molecule has 0 heterocycles. The van der Waals surface area contributed by atoms with Crippen LogP contribution in [0.25, 0.3) is 0 Å². The molecule has 1 unspecified atom stereocenters. The van der Waals surface area contributed by atoms with Crippen LogP contribution < -0.4 is 20.1 Å². The molecule has 1 rings (SSSR count). The zero-order valence-corrected chi connectivity index (χ0v) is 14.5. The Morgan fingerprint density at radius 3 is 2.52 bits per heavy atom. The van der Waals surface area contributed by atoms with Gasteiger partial charge in [-0.05, 0) is 25.1 Å². The predicted octanol–water partition coefficient (Wildman–Crippen LogP) is 2.24. The number of halogens is 3. The first-order valence-electron chi connectivity index (χ1n) is 7.79. The molecule has 0 fully saturated rings. The van der Waals surface area contributed by atoms with Crippen molar-refractivity contribution < 1.29 is 27.8 Å². The minimum Gasteiger partial charge on any atom is -0.497 e. The Labute approximate surface area is 145 Å². The Balaban J connectivity index is 2.77. The van der Waals surface area contributed by atoms with Gasteiger partial charge in [0.05, 0.1) is 27.2 Å². The number of aliphatic hydroxyl groups is 1. The Morgan fingerprint density at radius 2 is 1.96 bits per heavy atom. The highest BCUT2D eigenvalue weighted by molar-refractivity contribution is 5.79. The summed E-state index contributed by atoms with van der Waals surface area (Å²) in [6.45, 7) is 1.93. The van der Waals surface area contributed by atoms with Crippen molar-refractivity contribution in [2.24, 2.45) is 4.99 Å². The number of aliphatic hydroxyl groups excluding tert-OH is 1. The van der Waals surface area contributed by atoms with Crippen molar-refractivity contribution in [3.63, 3.8) is 0 Å². The number of alkyl halides is 3. The molecule has 0 aliphatic carbocycles. The molecule has 142 valence electrons. The summed E-state index contributed by atoms with van der Waals surface area (Å²) in [6, 6.07) is 4.98. The van der Waals surface area contributed by atoms with E-state index in [9.17, 15) is 18.3 Å².